The predicted molar refractivity (Wildman–Crippen MR) is 87.4 cm³/mol. The highest BCUT2D eigenvalue weighted by molar-refractivity contribution is 5.90. The highest BCUT2D eigenvalue weighted by Crippen LogP contribution is 2.49. The second-order valence-corrected chi connectivity index (χ2v) is 6.67. The number of ether oxygens (including phenoxy) is 1. The van der Waals surface area contributed by atoms with Crippen LogP contribution in [0, 0.1) is 11.3 Å². The van der Waals surface area contributed by atoms with Crippen LogP contribution in [0.1, 0.15) is 29.9 Å². The molecule has 1 aliphatic carbocycles. The first-order valence-electron chi connectivity index (χ1n) is 8.37. The Balaban J connectivity index is 1.48. The van der Waals surface area contributed by atoms with Gasteiger partial charge in [0.2, 0.25) is 11.7 Å². The number of carbonyl (C=O) groups excluding carboxylic acids is 1. The Labute approximate surface area is 140 Å². The minimum absolute atomic E-state index is 0.0297. The molecule has 6 heteroatoms. The van der Waals surface area contributed by atoms with Gasteiger partial charge in [0.25, 0.3) is 5.91 Å². The van der Waals surface area contributed by atoms with Crippen LogP contribution in [0.25, 0.3) is 0 Å². The van der Waals surface area contributed by atoms with Crippen molar-refractivity contribution in [2.75, 3.05) is 19.7 Å². The number of carbonyl (C=O) groups is 1. The van der Waals surface area contributed by atoms with Crippen LogP contribution in [0.15, 0.2) is 42.9 Å². The zero-order chi connectivity index (χ0) is 16.4. The Kier molecular flexibility index (Phi) is 3.88. The van der Waals surface area contributed by atoms with Crippen molar-refractivity contribution in [1.82, 2.24) is 19.9 Å². The van der Waals surface area contributed by atoms with Gasteiger partial charge in [-0.25, -0.2) is 15.0 Å². The highest BCUT2D eigenvalue weighted by Gasteiger charge is 2.51. The molecule has 1 amide bonds. The molecule has 0 aromatic carbocycles. The van der Waals surface area contributed by atoms with Crippen LogP contribution in [-0.4, -0.2) is 45.5 Å². The van der Waals surface area contributed by atoms with E-state index in [9.17, 15) is 4.79 Å². The van der Waals surface area contributed by atoms with Gasteiger partial charge in [-0.15, -0.1) is 0 Å². The SMILES string of the molecule is O=C(c1ncccn1)N1C[C@H]2CCC[C@@]2(COc2ccccn2)C1. The van der Waals surface area contributed by atoms with Gasteiger partial charge in [-0.2, -0.15) is 0 Å². The van der Waals surface area contributed by atoms with Crippen LogP contribution < -0.4 is 4.74 Å². The maximum atomic E-state index is 12.6. The van der Waals surface area contributed by atoms with Gasteiger partial charge in [-0.05, 0) is 30.9 Å². The van der Waals surface area contributed by atoms with E-state index in [0.29, 0.717) is 24.9 Å². The molecule has 124 valence electrons. The number of pyridine rings is 1. The molecule has 0 N–H and O–H groups in total. The molecule has 0 unspecified atom stereocenters. The summed E-state index contributed by atoms with van der Waals surface area (Å²) < 4.78 is 5.95. The van der Waals surface area contributed by atoms with E-state index in [-0.39, 0.29) is 17.1 Å². The van der Waals surface area contributed by atoms with Crippen molar-refractivity contribution in [3.8, 4) is 5.88 Å². The molecule has 2 aromatic heterocycles. The van der Waals surface area contributed by atoms with E-state index in [0.717, 1.165) is 19.4 Å². The van der Waals surface area contributed by atoms with Gasteiger partial charge >= 0.3 is 0 Å². The van der Waals surface area contributed by atoms with E-state index >= 15 is 0 Å². The molecule has 0 spiro atoms. The Morgan fingerprint density at radius 3 is 2.83 bits per heavy atom. The molecule has 24 heavy (non-hydrogen) atoms. The molecule has 0 bridgehead atoms. The third-order valence-electron chi connectivity index (χ3n) is 5.23. The van der Waals surface area contributed by atoms with Crippen molar-refractivity contribution in [1.29, 1.82) is 0 Å². The van der Waals surface area contributed by atoms with Gasteiger partial charge in [0.15, 0.2) is 0 Å². The van der Waals surface area contributed by atoms with Crippen molar-refractivity contribution in [3.05, 3.63) is 48.7 Å². The molecule has 2 fully saturated rings. The lowest BCUT2D eigenvalue weighted by molar-refractivity contribution is 0.0733. The summed E-state index contributed by atoms with van der Waals surface area (Å²) in [5.41, 5.74) is 0.0297. The van der Waals surface area contributed by atoms with Crippen LogP contribution in [0.2, 0.25) is 0 Å². The summed E-state index contributed by atoms with van der Waals surface area (Å²) in [5.74, 6) is 1.32. The number of rotatable bonds is 4. The molecule has 2 aromatic rings. The molecular formula is C18H20N4O2. The smallest absolute Gasteiger partial charge is 0.291 e. The molecule has 0 radical (unpaired) electrons. The van der Waals surface area contributed by atoms with Gasteiger partial charge in [0.05, 0.1) is 6.61 Å². The van der Waals surface area contributed by atoms with E-state index in [1.54, 1.807) is 24.7 Å². The van der Waals surface area contributed by atoms with Crippen LogP contribution in [0.5, 0.6) is 5.88 Å². The van der Waals surface area contributed by atoms with Crippen molar-refractivity contribution >= 4 is 5.91 Å². The average Bonchev–Trinajstić information content (AvgIpc) is 3.18. The quantitative estimate of drug-likeness (QED) is 0.862. The zero-order valence-corrected chi connectivity index (χ0v) is 13.5. The normalized spacial score (nSPS) is 25.5. The van der Waals surface area contributed by atoms with Crippen molar-refractivity contribution in [2.45, 2.75) is 19.3 Å². The molecule has 1 saturated carbocycles. The fourth-order valence-electron chi connectivity index (χ4n) is 4.01. The van der Waals surface area contributed by atoms with E-state index in [1.165, 1.54) is 6.42 Å². The number of hydrogen-bond donors (Lipinski definition) is 0. The summed E-state index contributed by atoms with van der Waals surface area (Å²) in [7, 11) is 0. The summed E-state index contributed by atoms with van der Waals surface area (Å²) >= 11 is 0. The molecule has 1 aliphatic heterocycles. The lowest BCUT2D eigenvalue weighted by atomic mass is 9.81. The molecule has 3 heterocycles. The Bertz CT molecular complexity index is 709. The van der Waals surface area contributed by atoms with E-state index < -0.39 is 0 Å². The predicted octanol–water partition coefficient (Wildman–Crippen LogP) is 2.19. The third kappa shape index (κ3) is 2.72. The zero-order valence-electron chi connectivity index (χ0n) is 13.5. The van der Waals surface area contributed by atoms with Gasteiger partial charge in [-0.1, -0.05) is 12.5 Å². The van der Waals surface area contributed by atoms with Crippen LogP contribution in [0.4, 0.5) is 0 Å². The summed E-state index contributed by atoms with van der Waals surface area (Å²) in [5, 5.41) is 0. The average molecular weight is 324 g/mol. The maximum absolute atomic E-state index is 12.6. The lowest BCUT2D eigenvalue weighted by Crippen LogP contribution is -2.36. The molecule has 2 atom stereocenters. The molecule has 4 rings (SSSR count). The first kappa shape index (κ1) is 15.1. The Hall–Kier alpha value is -2.50. The summed E-state index contributed by atoms with van der Waals surface area (Å²) in [6, 6.07) is 7.39. The van der Waals surface area contributed by atoms with Gasteiger partial charge in [0.1, 0.15) is 0 Å². The third-order valence-corrected chi connectivity index (χ3v) is 5.23. The first-order chi connectivity index (χ1) is 11.8. The van der Waals surface area contributed by atoms with Crippen molar-refractivity contribution in [3.63, 3.8) is 0 Å². The van der Waals surface area contributed by atoms with Gasteiger partial charge < -0.3 is 9.64 Å². The minimum atomic E-state index is -0.0813. The second kappa shape index (κ2) is 6.19. The van der Waals surface area contributed by atoms with Crippen molar-refractivity contribution < 1.29 is 9.53 Å². The van der Waals surface area contributed by atoms with Crippen LogP contribution in [-0.2, 0) is 0 Å². The minimum Gasteiger partial charge on any atom is -0.477 e. The molecule has 1 saturated heterocycles. The number of hydrogen-bond acceptors (Lipinski definition) is 5. The number of aromatic nitrogens is 3. The topological polar surface area (TPSA) is 68.2 Å². The van der Waals surface area contributed by atoms with Gasteiger partial charge in [0, 0.05) is 43.2 Å². The van der Waals surface area contributed by atoms with Crippen LogP contribution in [0.3, 0.4) is 0 Å². The number of fused-ring (bicyclic) bond motifs is 1. The summed E-state index contributed by atoms with van der Waals surface area (Å²) in [6.45, 7) is 2.08. The van der Waals surface area contributed by atoms with E-state index in [2.05, 4.69) is 15.0 Å². The molecular weight excluding hydrogens is 304 g/mol. The van der Waals surface area contributed by atoms with E-state index in [4.69, 9.17) is 4.74 Å². The lowest BCUT2D eigenvalue weighted by Gasteiger charge is -2.28. The number of nitrogens with zero attached hydrogens (tertiary/aromatic N) is 4. The molecule has 2 aliphatic rings. The Morgan fingerprint density at radius 2 is 2.04 bits per heavy atom. The monoisotopic (exact) mass is 324 g/mol. The Morgan fingerprint density at radius 1 is 1.21 bits per heavy atom. The summed E-state index contributed by atoms with van der Waals surface area (Å²) in [6.07, 6.45) is 8.37. The number of likely N-dealkylation sites (tertiary alicyclic amines) is 1. The number of amides is 1. The van der Waals surface area contributed by atoms with Gasteiger partial charge in [-0.3, -0.25) is 4.79 Å². The largest absolute Gasteiger partial charge is 0.477 e. The maximum Gasteiger partial charge on any atom is 0.291 e. The highest BCUT2D eigenvalue weighted by atomic mass is 16.5. The first-order valence-corrected chi connectivity index (χ1v) is 8.37. The van der Waals surface area contributed by atoms with Crippen LogP contribution >= 0.6 is 0 Å². The summed E-state index contributed by atoms with van der Waals surface area (Å²) in [4.78, 5) is 26.9. The fraction of sp³-hybridized carbons (Fsp3) is 0.444. The standard InChI is InChI=1S/C18H20N4O2/c23-17(16-20-9-4-10-21-16)22-11-14-5-3-7-18(14,12-22)13-24-15-6-1-2-8-19-15/h1-2,4,6,8-10,14H,3,5,7,11-13H2/t14-,18+/m1/s1. The second-order valence-electron chi connectivity index (χ2n) is 6.67. The van der Waals surface area contributed by atoms with E-state index in [1.807, 2.05) is 23.1 Å². The fourth-order valence-corrected chi connectivity index (χ4v) is 4.01. The molecule has 6 nitrogen and oxygen atoms in total. The van der Waals surface area contributed by atoms with Crippen molar-refractivity contribution in [2.24, 2.45) is 11.3 Å².